The number of anilines is 3. The average Bonchev–Trinajstić information content (AvgIpc) is 3.09. The summed E-state index contributed by atoms with van der Waals surface area (Å²) in [5, 5.41) is 12.7. The van der Waals surface area contributed by atoms with Gasteiger partial charge in [-0.1, -0.05) is 11.3 Å². The maximum absolute atomic E-state index is 11.3. The van der Waals surface area contributed by atoms with Crippen LogP contribution in [0.3, 0.4) is 0 Å². The third-order valence-electron chi connectivity index (χ3n) is 4.21. The van der Waals surface area contributed by atoms with Gasteiger partial charge in [0.15, 0.2) is 5.13 Å². The highest BCUT2D eigenvalue weighted by Gasteiger charge is 2.18. The van der Waals surface area contributed by atoms with Crippen LogP contribution in [0.1, 0.15) is 15.4 Å². The van der Waals surface area contributed by atoms with E-state index in [-0.39, 0.29) is 4.88 Å². The summed E-state index contributed by atoms with van der Waals surface area (Å²) in [5.74, 6) is 0.127. The summed E-state index contributed by atoms with van der Waals surface area (Å²) in [6.07, 6.45) is 3.45. The van der Waals surface area contributed by atoms with Gasteiger partial charge in [0.2, 0.25) is 5.95 Å². The third-order valence-corrected chi connectivity index (χ3v) is 5.28. The molecule has 4 heterocycles. The van der Waals surface area contributed by atoms with Crippen molar-refractivity contribution in [1.29, 1.82) is 0 Å². The molecule has 1 saturated heterocycles. The van der Waals surface area contributed by atoms with Crippen molar-refractivity contribution in [3.63, 3.8) is 0 Å². The molecule has 9 nitrogen and oxygen atoms in total. The summed E-state index contributed by atoms with van der Waals surface area (Å²) in [5.41, 5.74) is 2.04. The molecular weight excluding hydrogens is 380 g/mol. The number of thiazole rings is 1. The van der Waals surface area contributed by atoms with E-state index in [2.05, 4.69) is 30.2 Å². The van der Waals surface area contributed by atoms with E-state index in [1.165, 1.54) is 0 Å². The fourth-order valence-electron chi connectivity index (χ4n) is 2.85. The Hall–Kier alpha value is -3.11. The summed E-state index contributed by atoms with van der Waals surface area (Å²) >= 11 is 1.06. The Morgan fingerprint density at radius 3 is 2.79 bits per heavy atom. The van der Waals surface area contributed by atoms with Crippen molar-refractivity contribution in [3.8, 4) is 11.3 Å². The molecule has 1 aliphatic heterocycles. The van der Waals surface area contributed by atoms with Crippen molar-refractivity contribution >= 4 is 34.2 Å². The molecular formula is C18H18N6O3S. The number of nitrogens with zero attached hydrogens (tertiary/aromatic N) is 5. The van der Waals surface area contributed by atoms with Crippen molar-refractivity contribution in [2.75, 3.05) is 36.5 Å². The van der Waals surface area contributed by atoms with Crippen molar-refractivity contribution in [3.05, 3.63) is 41.2 Å². The second-order valence-corrected chi connectivity index (χ2v) is 7.14. The number of aromatic carboxylic acids is 1. The Morgan fingerprint density at radius 2 is 2.11 bits per heavy atom. The first kappa shape index (κ1) is 18.3. The van der Waals surface area contributed by atoms with Gasteiger partial charge in [0.1, 0.15) is 10.7 Å². The highest BCUT2D eigenvalue weighted by atomic mass is 32.1. The first-order valence-corrected chi connectivity index (χ1v) is 9.52. The topological polar surface area (TPSA) is 113 Å². The standard InChI is InChI=1S/C18H18N6O3S/c1-11-15(16(25)26)28-18(20-11)23-17-21-13(12-3-2-4-19-10-12)9-14(22-17)24-5-7-27-8-6-24/h2-4,9-10H,5-8H2,1H3,(H,25,26)(H,20,21,22,23). The second kappa shape index (κ2) is 7.87. The lowest BCUT2D eigenvalue weighted by Gasteiger charge is -2.28. The van der Waals surface area contributed by atoms with Gasteiger partial charge in [-0.25, -0.2) is 14.8 Å². The largest absolute Gasteiger partial charge is 0.477 e. The molecule has 0 aromatic carbocycles. The molecule has 144 valence electrons. The predicted octanol–water partition coefficient (Wildman–Crippen LogP) is 2.58. The lowest BCUT2D eigenvalue weighted by Crippen LogP contribution is -2.36. The zero-order valence-electron chi connectivity index (χ0n) is 15.1. The fourth-order valence-corrected chi connectivity index (χ4v) is 3.65. The molecule has 2 N–H and O–H groups in total. The number of hydrogen-bond acceptors (Lipinski definition) is 9. The summed E-state index contributed by atoms with van der Waals surface area (Å²) in [6.45, 7) is 4.42. The quantitative estimate of drug-likeness (QED) is 0.669. The molecule has 1 fully saturated rings. The molecule has 0 amide bonds. The second-order valence-electron chi connectivity index (χ2n) is 6.14. The molecule has 28 heavy (non-hydrogen) atoms. The molecule has 3 aromatic heterocycles. The molecule has 0 unspecified atom stereocenters. The first-order valence-electron chi connectivity index (χ1n) is 8.70. The van der Waals surface area contributed by atoms with E-state index in [0.29, 0.717) is 30.0 Å². The molecule has 0 bridgehead atoms. The van der Waals surface area contributed by atoms with Crippen molar-refractivity contribution < 1.29 is 14.6 Å². The van der Waals surface area contributed by atoms with E-state index >= 15 is 0 Å². The number of carboxylic acids is 1. The zero-order chi connectivity index (χ0) is 19.5. The third kappa shape index (κ3) is 3.92. The Labute approximate surface area is 165 Å². The van der Waals surface area contributed by atoms with Crippen LogP contribution in [0.2, 0.25) is 0 Å². The van der Waals surface area contributed by atoms with E-state index in [9.17, 15) is 9.90 Å². The smallest absolute Gasteiger partial charge is 0.347 e. The van der Waals surface area contributed by atoms with Gasteiger partial charge in [-0.3, -0.25) is 10.3 Å². The van der Waals surface area contributed by atoms with Crippen LogP contribution in [0.25, 0.3) is 11.3 Å². The number of carboxylic acid groups (broad SMARTS) is 1. The van der Waals surface area contributed by atoms with E-state index in [1.54, 1.807) is 19.3 Å². The number of hydrogen-bond donors (Lipinski definition) is 2. The van der Waals surface area contributed by atoms with Gasteiger partial charge in [-0.2, -0.15) is 4.98 Å². The van der Waals surface area contributed by atoms with Crippen LogP contribution in [-0.2, 0) is 4.74 Å². The lowest BCUT2D eigenvalue weighted by atomic mass is 10.2. The number of aryl methyl sites for hydroxylation is 1. The number of carbonyl (C=O) groups is 1. The normalized spacial score (nSPS) is 14.1. The molecule has 0 spiro atoms. The number of nitrogens with one attached hydrogen (secondary N) is 1. The van der Waals surface area contributed by atoms with Crippen LogP contribution in [0.4, 0.5) is 16.9 Å². The number of aromatic nitrogens is 4. The molecule has 0 atom stereocenters. The van der Waals surface area contributed by atoms with Crippen LogP contribution < -0.4 is 10.2 Å². The molecule has 0 aliphatic carbocycles. The molecule has 1 aliphatic rings. The number of rotatable bonds is 5. The fraction of sp³-hybridized carbons (Fsp3) is 0.278. The summed E-state index contributed by atoms with van der Waals surface area (Å²) in [7, 11) is 0. The van der Waals surface area contributed by atoms with E-state index in [1.807, 2.05) is 18.2 Å². The van der Waals surface area contributed by atoms with Crippen LogP contribution in [0.5, 0.6) is 0 Å². The first-order chi connectivity index (χ1) is 13.6. The SMILES string of the molecule is Cc1nc(Nc2nc(-c3cccnc3)cc(N3CCOCC3)n2)sc1C(=O)O. The Bertz CT molecular complexity index is 988. The zero-order valence-corrected chi connectivity index (χ0v) is 15.9. The minimum absolute atomic E-state index is 0.194. The summed E-state index contributed by atoms with van der Waals surface area (Å²) in [4.78, 5) is 31.2. The predicted molar refractivity (Wildman–Crippen MR) is 105 cm³/mol. The van der Waals surface area contributed by atoms with Crippen molar-refractivity contribution in [2.24, 2.45) is 0 Å². The highest BCUT2D eigenvalue weighted by Crippen LogP contribution is 2.28. The van der Waals surface area contributed by atoms with E-state index < -0.39 is 5.97 Å². The molecule has 4 rings (SSSR count). The van der Waals surface area contributed by atoms with Crippen LogP contribution >= 0.6 is 11.3 Å². The van der Waals surface area contributed by atoms with Gasteiger partial charge in [-0.05, 0) is 19.1 Å². The van der Waals surface area contributed by atoms with Gasteiger partial charge in [0, 0.05) is 37.1 Å². The molecule has 0 saturated carbocycles. The van der Waals surface area contributed by atoms with E-state index in [4.69, 9.17) is 4.74 Å². The van der Waals surface area contributed by atoms with Gasteiger partial charge in [-0.15, -0.1) is 0 Å². The minimum atomic E-state index is -0.998. The monoisotopic (exact) mass is 398 g/mol. The summed E-state index contributed by atoms with van der Waals surface area (Å²) < 4.78 is 5.43. The Balaban J connectivity index is 1.71. The van der Waals surface area contributed by atoms with Gasteiger partial charge in [0.25, 0.3) is 0 Å². The van der Waals surface area contributed by atoms with Crippen molar-refractivity contribution in [2.45, 2.75) is 6.92 Å². The van der Waals surface area contributed by atoms with Gasteiger partial charge < -0.3 is 14.7 Å². The number of pyridine rings is 1. The lowest BCUT2D eigenvalue weighted by molar-refractivity contribution is 0.0701. The average molecular weight is 398 g/mol. The van der Waals surface area contributed by atoms with E-state index in [0.717, 1.165) is 41.5 Å². The van der Waals surface area contributed by atoms with Gasteiger partial charge in [0.05, 0.1) is 24.6 Å². The van der Waals surface area contributed by atoms with Gasteiger partial charge >= 0.3 is 5.97 Å². The minimum Gasteiger partial charge on any atom is -0.477 e. The van der Waals surface area contributed by atoms with Crippen LogP contribution in [0.15, 0.2) is 30.6 Å². The molecule has 0 radical (unpaired) electrons. The molecule has 10 heteroatoms. The summed E-state index contributed by atoms with van der Waals surface area (Å²) in [6, 6.07) is 5.70. The maximum Gasteiger partial charge on any atom is 0.347 e. The van der Waals surface area contributed by atoms with Crippen LogP contribution in [-0.4, -0.2) is 57.3 Å². The Morgan fingerprint density at radius 1 is 1.29 bits per heavy atom. The van der Waals surface area contributed by atoms with Crippen LogP contribution in [0, 0.1) is 6.92 Å². The number of morpholine rings is 1. The number of ether oxygens (including phenoxy) is 1. The highest BCUT2D eigenvalue weighted by molar-refractivity contribution is 7.17. The van der Waals surface area contributed by atoms with Crippen molar-refractivity contribution in [1.82, 2.24) is 19.9 Å². The Kier molecular flexibility index (Phi) is 5.13. The molecule has 3 aromatic rings. The maximum atomic E-state index is 11.3.